The van der Waals surface area contributed by atoms with Crippen LogP contribution in [0.4, 0.5) is 0 Å². The number of carbonyl (C=O) groups excluding carboxylic acids is 1. The summed E-state index contributed by atoms with van der Waals surface area (Å²) in [6, 6.07) is 1.85. The third-order valence-corrected chi connectivity index (χ3v) is 4.41. The van der Waals surface area contributed by atoms with Crippen LogP contribution >= 0.6 is 0 Å². The summed E-state index contributed by atoms with van der Waals surface area (Å²) < 4.78 is 10.8. The molecule has 7 nitrogen and oxygen atoms in total. The molecule has 3 rings (SSSR count). The highest BCUT2D eigenvalue weighted by Crippen LogP contribution is 2.20. The van der Waals surface area contributed by atoms with E-state index >= 15 is 0 Å². The van der Waals surface area contributed by atoms with Gasteiger partial charge in [-0.25, -0.2) is 9.97 Å². The third-order valence-electron chi connectivity index (χ3n) is 4.41. The summed E-state index contributed by atoms with van der Waals surface area (Å²) in [6.07, 6.45) is 2.30. The minimum Gasteiger partial charge on any atom is -0.379 e. The highest BCUT2D eigenvalue weighted by Gasteiger charge is 2.31. The first-order valence-electron chi connectivity index (χ1n) is 8.58. The molecule has 1 amide bonds. The molecule has 2 aromatic rings. The number of rotatable bonds is 5. The number of ether oxygens (including phenoxy) is 1. The molecule has 0 aromatic carbocycles. The van der Waals surface area contributed by atoms with Gasteiger partial charge in [-0.3, -0.25) is 4.79 Å². The maximum Gasteiger partial charge on any atom is 0.255 e. The SMILES string of the molecule is Cc1cc(C[C@H]2COC[C@H]2NC(=O)c2cnc(C(C)C)nc2C)on1. The number of hydrogen-bond donors (Lipinski definition) is 1. The Morgan fingerprint density at radius 2 is 2.16 bits per heavy atom. The second-order valence-electron chi connectivity index (χ2n) is 6.90. The van der Waals surface area contributed by atoms with E-state index in [-0.39, 0.29) is 23.8 Å². The van der Waals surface area contributed by atoms with Crippen molar-refractivity contribution in [3.8, 4) is 0 Å². The number of aryl methyl sites for hydroxylation is 2. The van der Waals surface area contributed by atoms with Crippen LogP contribution in [0.5, 0.6) is 0 Å². The Morgan fingerprint density at radius 3 is 2.80 bits per heavy atom. The van der Waals surface area contributed by atoms with Crippen molar-refractivity contribution in [3.63, 3.8) is 0 Å². The first kappa shape index (κ1) is 17.5. The zero-order valence-corrected chi connectivity index (χ0v) is 15.1. The molecular formula is C18H24N4O3. The van der Waals surface area contributed by atoms with E-state index < -0.39 is 0 Å². The van der Waals surface area contributed by atoms with Gasteiger partial charge in [-0.1, -0.05) is 19.0 Å². The van der Waals surface area contributed by atoms with Crippen LogP contribution in [0.1, 0.15) is 53.1 Å². The Morgan fingerprint density at radius 1 is 1.36 bits per heavy atom. The fourth-order valence-corrected chi connectivity index (χ4v) is 2.96. The molecular weight excluding hydrogens is 320 g/mol. The lowest BCUT2D eigenvalue weighted by atomic mass is 9.98. The van der Waals surface area contributed by atoms with Crippen LogP contribution in [0, 0.1) is 19.8 Å². The Bertz CT molecular complexity index is 757. The summed E-state index contributed by atoms with van der Waals surface area (Å²) in [4.78, 5) is 21.4. The summed E-state index contributed by atoms with van der Waals surface area (Å²) in [5.74, 6) is 1.79. The number of amides is 1. The number of carbonyl (C=O) groups is 1. The van der Waals surface area contributed by atoms with E-state index in [1.165, 1.54) is 0 Å². The molecule has 0 bridgehead atoms. The molecule has 0 radical (unpaired) electrons. The Hall–Kier alpha value is -2.28. The van der Waals surface area contributed by atoms with Gasteiger partial charge in [-0.2, -0.15) is 0 Å². The van der Waals surface area contributed by atoms with Gasteiger partial charge < -0.3 is 14.6 Å². The normalized spacial score (nSPS) is 20.2. The monoisotopic (exact) mass is 344 g/mol. The summed E-state index contributed by atoms with van der Waals surface area (Å²) >= 11 is 0. The van der Waals surface area contributed by atoms with Crippen molar-refractivity contribution in [1.29, 1.82) is 0 Å². The van der Waals surface area contributed by atoms with Gasteiger partial charge in [0.15, 0.2) is 0 Å². The van der Waals surface area contributed by atoms with Crippen LogP contribution in [-0.4, -0.2) is 40.3 Å². The van der Waals surface area contributed by atoms with Crippen molar-refractivity contribution in [2.24, 2.45) is 5.92 Å². The number of nitrogens with one attached hydrogen (secondary N) is 1. The first-order valence-corrected chi connectivity index (χ1v) is 8.58. The molecule has 2 aromatic heterocycles. The molecule has 0 unspecified atom stereocenters. The van der Waals surface area contributed by atoms with Gasteiger partial charge in [0.2, 0.25) is 0 Å². The predicted octanol–water partition coefficient (Wildman–Crippen LogP) is 2.19. The lowest BCUT2D eigenvalue weighted by Gasteiger charge is -2.18. The highest BCUT2D eigenvalue weighted by atomic mass is 16.5. The van der Waals surface area contributed by atoms with Gasteiger partial charge in [-0.15, -0.1) is 0 Å². The molecule has 7 heteroatoms. The summed E-state index contributed by atoms with van der Waals surface area (Å²) in [7, 11) is 0. The fourth-order valence-electron chi connectivity index (χ4n) is 2.96. The van der Waals surface area contributed by atoms with Crippen LogP contribution in [0.25, 0.3) is 0 Å². The zero-order chi connectivity index (χ0) is 18.0. The molecule has 1 saturated heterocycles. The molecule has 25 heavy (non-hydrogen) atoms. The van der Waals surface area contributed by atoms with E-state index in [4.69, 9.17) is 9.26 Å². The average Bonchev–Trinajstić information content (AvgIpc) is 3.16. The molecule has 0 saturated carbocycles. The lowest BCUT2D eigenvalue weighted by Crippen LogP contribution is -2.41. The van der Waals surface area contributed by atoms with E-state index in [0.717, 1.165) is 17.3 Å². The topological polar surface area (TPSA) is 90.1 Å². The average molecular weight is 344 g/mol. The van der Waals surface area contributed by atoms with Crippen molar-refractivity contribution in [2.45, 2.75) is 46.1 Å². The number of nitrogens with zero attached hydrogens (tertiary/aromatic N) is 3. The standard InChI is InChI=1S/C18H24N4O3/c1-10(2)17-19-7-15(12(4)20-17)18(23)21-16-9-24-8-13(16)6-14-5-11(3)22-25-14/h5,7,10,13,16H,6,8-9H2,1-4H3,(H,21,23)/t13-,16+/m0/s1. The number of aromatic nitrogens is 3. The lowest BCUT2D eigenvalue weighted by molar-refractivity contribution is 0.0923. The molecule has 1 N–H and O–H groups in total. The summed E-state index contributed by atoms with van der Waals surface area (Å²) in [5.41, 5.74) is 2.05. The smallest absolute Gasteiger partial charge is 0.255 e. The maximum atomic E-state index is 12.6. The van der Waals surface area contributed by atoms with Crippen LogP contribution in [0.15, 0.2) is 16.8 Å². The van der Waals surface area contributed by atoms with Gasteiger partial charge in [0.05, 0.1) is 36.2 Å². The molecule has 3 heterocycles. The van der Waals surface area contributed by atoms with E-state index in [1.807, 2.05) is 33.8 Å². The molecule has 2 atom stereocenters. The summed E-state index contributed by atoms with van der Waals surface area (Å²) in [6.45, 7) is 8.86. The van der Waals surface area contributed by atoms with Crippen LogP contribution in [-0.2, 0) is 11.2 Å². The molecule has 0 aliphatic carbocycles. The van der Waals surface area contributed by atoms with Crippen molar-refractivity contribution in [1.82, 2.24) is 20.4 Å². The van der Waals surface area contributed by atoms with E-state index in [0.29, 0.717) is 30.9 Å². The molecule has 0 spiro atoms. The van der Waals surface area contributed by atoms with Crippen LogP contribution in [0.2, 0.25) is 0 Å². The minimum atomic E-state index is -0.165. The van der Waals surface area contributed by atoms with Gasteiger partial charge in [0.25, 0.3) is 5.91 Å². The van der Waals surface area contributed by atoms with Gasteiger partial charge in [0, 0.05) is 30.5 Å². The van der Waals surface area contributed by atoms with Crippen molar-refractivity contribution >= 4 is 5.91 Å². The zero-order valence-electron chi connectivity index (χ0n) is 15.1. The number of hydrogen-bond acceptors (Lipinski definition) is 6. The third kappa shape index (κ3) is 4.04. The summed E-state index contributed by atoms with van der Waals surface area (Å²) in [5, 5.41) is 6.96. The van der Waals surface area contributed by atoms with Crippen molar-refractivity contribution < 1.29 is 14.1 Å². The second kappa shape index (κ2) is 7.31. The van der Waals surface area contributed by atoms with E-state index in [2.05, 4.69) is 20.4 Å². The fraction of sp³-hybridized carbons (Fsp3) is 0.556. The maximum absolute atomic E-state index is 12.6. The minimum absolute atomic E-state index is 0.0675. The van der Waals surface area contributed by atoms with Crippen LogP contribution in [0.3, 0.4) is 0 Å². The highest BCUT2D eigenvalue weighted by molar-refractivity contribution is 5.95. The Kier molecular flexibility index (Phi) is 5.13. The van der Waals surface area contributed by atoms with Crippen molar-refractivity contribution in [3.05, 3.63) is 40.8 Å². The largest absolute Gasteiger partial charge is 0.379 e. The Balaban J connectivity index is 1.67. The quantitative estimate of drug-likeness (QED) is 0.894. The van der Waals surface area contributed by atoms with E-state index in [1.54, 1.807) is 6.20 Å². The van der Waals surface area contributed by atoms with Gasteiger partial charge in [-0.05, 0) is 13.8 Å². The van der Waals surface area contributed by atoms with E-state index in [9.17, 15) is 4.79 Å². The molecule has 1 fully saturated rings. The van der Waals surface area contributed by atoms with Gasteiger partial charge in [0.1, 0.15) is 11.6 Å². The van der Waals surface area contributed by atoms with Gasteiger partial charge >= 0.3 is 0 Å². The van der Waals surface area contributed by atoms with Crippen LogP contribution < -0.4 is 5.32 Å². The predicted molar refractivity (Wildman–Crippen MR) is 91.4 cm³/mol. The molecule has 134 valence electrons. The second-order valence-corrected chi connectivity index (χ2v) is 6.90. The molecule has 1 aliphatic heterocycles. The molecule has 1 aliphatic rings. The van der Waals surface area contributed by atoms with Crippen molar-refractivity contribution in [2.75, 3.05) is 13.2 Å². The first-order chi connectivity index (χ1) is 11.9. The Labute approximate surface area is 147 Å².